The van der Waals surface area contributed by atoms with Gasteiger partial charge in [0.1, 0.15) is 6.54 Å². The highest BCUT2D eigenvalue weighted by atomic mass is 16.7. The molecule has 7 heteroatoms. The van der Waals surface area contributed by atoms with Crippen LogP contribution in [0.2, 0.25) is 0 Å². The quantitative estimate of drug-likeness (QED) is 0.660. The molecule has 22 heavy (non-hydrogen) atoms. The molecule has 0 saturated carbocycles. The van der Waals surface area contributed by atoms with E-state index in [1.165, 1.54) is 0 Å². The van der Waals surface area contributed by atoms with Gasteiger partial charge in [0.05, 0.1) is 6.54 Å². The molecule has 0 unspecified atom stereocenters. The van der Waals surface area contributed by atoms with Gasteiger partial charge in [0, 0.05) is 11.1 Å². The standard InChI is InChI=1S/C15H21N3O4/c1-15(2,3)18-22-13(20)10-16-12(19)9-17-14(21)11-7-5-4-6-8-11/h4-8,18H,9-10H2,1-3H3,(H,16,19)(H,17,21). The van der Waals surface area contributed by atoms with Crippen molar-refractivity contribution in [2.45, 2.75) is 26.3 Å². The van der Waals surface area contributed by atoms with Crippen LogP contribution in [0.3, 0.4) is 0 Å². The average molecular weight is 307 g/mol. The summed E-state index contributed by atoms with van der Waals surface area (Å²) in [6.45, 7) is 5.00. The Bertz CT molecular complexity index is 523. The highest BCUT2D eigenvalue weighted by molar-refractivity contribution is 5.96. The maximum absolute atomic E-state index is 11.7. The summed E-state index contributed by atoms with van der Waals surface area (Å²) in [7, 11) is 0. The second-order valence-electron chi connectivity index (χ2n) is 5.65. The van der Waals surface area contributed by atoms with Crippen molar-refractivity contribution in [2.75, 3.05) is 13.1 Å². The summed E-state index contributed by atoms with van der Waals surface area (Å²) in [4.78, 5) is 39.4. The van der Waals surface area contributed by atoms with E-state index in [0.717, 1.165) is 0 Å². The fraction of sp³-hybridized carbons (Fsp3) is 0.400. The molecule has 0 saturated heterocycles. The molecule has 120 valence electrons. The lowest BCUT2D eigenvalue weighted by Gasteiger charge is -2.19. The Labute approximate surface area is 129 Å². The van der Waals surface area contributed by atoms with Gasteiger partial charge < -0.3 is 15.5 Å². The van der Waals surface area contributed by atoms with Gasteiger partial charge in [0.15, 0.2) is 0 Å². The maximum Gasteiger partial charge on any atom is 0.344 e. The molecule has 0 atom stereocenters. The Kier molecular flexibility index (Phi) is 6.52. The van der Waals surface area contributed by atoms with E-state index in [9.17, 15) is 14.4 Å². The van der Waals surface area contributed by atoms with Crippen molar-refractivity contribution in [1.82, 2.24) is 16.1 Å². The molecule has 1 aromatic rings. The third kappa shape index (κ3) is 7.39. The summed E-state index contributed by atoms with van der Waals surface area (Å²) in [5, 5.41) is 4.82. The van der Waals surface area contributed by atoms with E-state index in [0.29, 0.717) is 5.56 Å². The average Bonchev–Trinajstić information content (AvgIpc) is 2.48. The molecule has 0 heterocycles. The number of nitrogens with one attached hydrogen (secondary N) is 3. The van der Waals surface area contributed by atoms with Crippen LogP contribution in [0.5, 0.6) is 0 Å². The summed E-state index contributed by atoms with van der Waals surface area (Å²) in [6, 6.07) is 8.53. The van der Waals surface area contributed by atoms with Crippen LogP contribution >= 0.6 is 0 Å². The normalized spacial score (nSPS) is 10.7. The smallest absolute Gasteiger partial charge is 0.344 e. The molecule has 7 nitrogen and oxygen atoms in total. The van der Waals surface area contributed by atoms with Crippen LogP contribution in [-0.4, -0.2) is 36.4 Å². The number of hydrogen-bond donors (Lipinski definition) is 3. The predicted octanol–water partition coefficient (Wildman–Crippen LogP) is 0.379. The maximum atomic E-state index is 11.7. The molecule has 1 aromatic carbocycles. The molecule has 0 bridgehead atoms. The minimum atomic E-state index is -0.613. The van der Waals surface area contributed by atoms with Crippen LogP contribution in [0.4, 0.5) is 0 Å². The van der Waals surface area contributed by atoms with Gasteiger partial charge >= 0.3 is 5.97 Å². The molecule has 0 aliphatic heterocycles. The lowest BCUT2D eigenvalue weighted by Crippen LogP contribution is -2.43. The lowest BCUT2D eigenvalue weighted by atomic mass is 10.1. The zero-order chi connectivity index (χ0) is 16.6. The Morgan fingerprint density at radius 3 is 2.23 bits per heavy atom. The highest BCUT2D eigenvalue weighted by Gasteiger charge is 2.13. The summed E-state index contributed by atoms with van der Waals surface area (Å²) >= 11 is 0. The molecule has 0 radical (unpaired) electrons. The fourth-order valence-corrected chi connectivity index (χ4v) is 1.33. The first-order valence-electron chi connectivity index (χ1n) is 6.85. The van der Waals surface area contributed by atoms with Gasteiger partial charge in [-0.15, -0.1) is 5.48 Å². The van der Waals surface area contributed by atoms with Crippen LogP contribution in [0.25, 0.3) is 0 Å². The van der Waals surface area contributed by atoms with Crippen LogP contribution in [0.15, 0.2) is 30.3 Å². The van der Waals surface area contributed by atoms with E-state index in [2.05, 4.69) is 16.1 Å². The molecule has 3 N–H and O–H groups in total. The number of carbonyl (C=O) groups is 3. The van der Waals surface area contributed by atoms with Crippen molar-refractivity contribution in [3.05, 3.63) is 35.9 Å². The number of rotatable bonds is 6. The van der Waals surface area contributed by atoms with Crippen molar-refractivity contribution in [1.29, 1.82) is 0 Å². The molecular weight excluding hydrogens is 286 g/mol. The molecule has 0 aliphatic rings. The first kappa shape index (κ1) is 17.6. The lowest BCUT2D eigenvalue weighted by molar-refractivity contribution is -0.154. The molecule has 1 rings (SSSR count). The monoisotopic (exact) mass is 307 g/mol. The number of benzene rings is 1. The van der Waals surface area contributed by atoms with Crippen molar-refractivity contribution < 1.29 is 19.2 Å². The predicted molar refractivity (Wildman–Crippen MR) is 80.8 cm³/mol. The second-order valence-corrected chi connectivity index (χ2v) is 5.65. The van der Waals surface area contributed by atoms with Crippen LogP contribution < -0.4 is 16.1 Å². The van der Waals surface area contributed by atoms with Crippen LogP contribution in [0.1, 0.15) is 31.1 Å². The largest absolute Gasteiger partial charge is 0.369 e. The number of hydroxylamine groups is 1. The van der Waals surface area contributed by atoms with Gasteiger partial charge in [-0.05, 0) is 32.9 Å². The van der Waals surface area contributed by atoms with Crippen molar-refractivity contribution in [2.24, 2.45) is 0 Å². The van der Waals surface area contributed by atoms with Crippen LogP contribution in [-0.2, 0) is 14.4 Å². The van der Waals surface area contributed by atoms with E-state index >= 15 is 0 Å². The molecule has 2 amide bonds. The van der Waals surface area contributed by atoms with E-state index < -0.39 is 11.9 Å². The summed E-state index contributed by atoms with van der Waals surface area (Å²) in [6.07, 6.45) is 0. The third-order valence-corrected chi connectivity index (χ3v) is 2.35. The molecule has 0 aliphatic carbocycles. The van der Waals surface area contributed by atoms with Crippen molar-refractivity contribution in [3.63, 3.8) is 0 Å². The van der Waals surface area contributed by atoms with Crippen molar-refractivity contribution in [3.8, 4) is 0 Å². The summed E-state index contributed by atoms with van der Waals surface area (Å²) in [5.74, 6) is -1.44. The van der Waals surface area contributed by atoms with Gasteiger partial charge in [-0.3, -0.25) is 9.59 Å². The van der Waals surface area contributed by atoms with Gasteiger partial charge in [-0.25, -0.2) is 4.79 Å². The number of carbonyl (C=O) groups excluding carboxylic acids is 3. The zero-order valence-electron chi connectivity index (χ0n) is 12.9. The van der Waals surface area contributed by atoms with Crippen molar-refractivity contribution >= 4 is 17.8 Å². The van der Waals surface area contributed by atoms with E-state index in [4.69, 9.17) is 4.84 Å². The van der Waals surface area contributed by atoms with Gasteiger partial charge in [-0.2, -0.15) is 0 Å². The molecular formula is C15H21N3O4. The number of amides is 2. The zero-order valence-corrected chi connectivity index (χ0v) is 12.9. The van der Waals surface area contributed by atoms with E-state index in [-0.39, 0.29) is 24.5 Å². The second kappa shape index (κ2) is 8.14. The summed E-state index contributed by atoms with van der Waals surface area (Å²) < 4.78 is 0. The Hall–Kier alpha value is -2.41. The topological polar surface area (TPSA) is 96.5 Å². The van der Waals surface area contributed by atoms with E-state index in [1.807, 2.05) is 20.8 Å². The Balaban J connectivity index is 2.24. The molecule has 0 aromatic heterocycles. The third-order valence-electron chi connectivity index (χ3n) is 2.35. The molecule has 0 fully saturated rings. The Morgan fingerprint density at radius 1 is 1.00 bits per heavy atom. The number of hydrogen-bond acceptors (Lipinski definition) is 5. The van der Waals surface area contributed by atoms with E-state index in [1.54, 1.807) is 30.3 Å². The van der Waals surface area contributed by atoms with Gasteiger partial charge in [-0.1, -0.05) is 18.2 Å². The first-order chi connectivity index (χ1) is 10.3. The SMILES string of the molecule is CC(C)(C)NOC(=O)CNC(=O)CNC(=O)c1ccccc1. The minimum Gasteiger partial charge on any atom is -0.369 e. The van der Waals surface area contributed by atoms with Gasteiger partial charge in [0.25, 0.3) is 5.91 Å². The Morgan fingerprint density at radius 2 is 1.64 bits per heavy atom. The molecule has 0 spiro atoms. The van der Waals surface area contributed by atoms with Crippen LogP contribution in [0, 0.1) is 0 Å². The minimum absolute atomic E-state index is 0.215. The highest BCUT2D eigenvalue weighted by Crippen LogP contribution is 1.98. The van der Waals surface area contributed by atoms with Gasteiger partial charge in [0.2, 0.25) is 5.91 Å². The first-order valence-corrected chi connectivity index (χ1v) is 6.85. The fourth-order valence-electron chi connectivity index (χ4n) is 1.33. The summed E-state index contributed by atoms with van der Waals surface area (Å²) in [5.41, 5.74) is 2.64.